The third-order valence-corrected chi connectivity index (χ3v) is 3.97. The van der Waals surface area contributed by atoms with Crippen LogP contribution >= 0.6 is 12.2 Å². The van der Waals surface area contributed by atoms with Gasteiger partial charge in [-0.2, -0.15) is 0 Å². The van der Waals surface area contributed by atoms with Crippen molar-refractivity contribution in [2.24, 2.45) is 5.14 Å². The number of sulfonamides is 1. The largest absolute Gasteiger partial charge is 0.462 e. The minimum Gasteiger partial charge on any atom is -0.462 e. The van der Waals surface area contributed by atoms with Crippen LogP contribution in [0.1, 0.15) is 11.5 Å². The zero-order valence-electron chi connectivity index (χ0n) is 12.6. The number of carbonyl (C=O) groups is 1. The minimum atomic E-state index is -3.75. The molecule has 9 heteroatoms. The van der Waals surface area contributed by atoms with Gasteiger partial charge in [-0.05, 0) is 61.6 Å². The van der Waals surface area contributed by atoms with Crippen molar-refractivity contribution in [3.05, 3.63) is 54.0 Å². The fourth-order valence-electron chi connectivity index (χ4n) is 1.74. The van der Waals surface area contributed by atoms with Crippen LogP contribution < -0.4 is 15.8 Å². The molecule has 0 saturated heterocycles. The second-order valence-corrected chi connectivity index (χ2v) is 6.76. The number of hydrogen-bond donors (Lipinski definition) is 3. The van der Waals surface area contributed by atoms with Crippen molar-refractivity contribution < 1.29 is 17.6 Å². The first-order chi connectivity index (χ1) is 11.2. The highest BCUT2D eigenvalue weighted by Gasteiger charge is 2.07. The normalized spacial score (nSPS) is 11.4. The molecule has 0 bridgehead atoms. The highest BCUT2D eigenvalue weighted by molar-refractivity contribution is 7.89. The molecule has 0 unspecified atom stereocenters. The lowest BCUT2D eigenvalue weighted by atomic mass is 10.3. The Morgan fingerprint density at radius 1 is 1.21 bits per heavy atom. The van der Waals surface area contributed by atoms with Crippen LogP contribution in [0, 0.1) is 6.92 Å². The average molecular weight is 365 g/mol. The Morgan fingerprint density at radius 3 is 2.42 bits per heavy atom. The summed E-state index contributed by atoms with van der Waals surface area (Å²) in [6.07, 6.45) is 2.81. The molecule has 2 aromatic rings. The number of primary sulfonamides is 1. The van der Waals surface area contributed by atoms with E-state index in [0.29, 0.717) is 11.4 Å². The van der Waals surface area contributed by atoms with Gasteiger partial charge in [0.15, 0.2) is 5.11 Å². The first kappa shape index (κ1) is 17.9. The van der Waals surface area contributed by atoms with Crippen molar-refractivity contribution >= 4 is 45.0 Å². The molecule has 1 amide bonds. The van der Waals surface area contributed by atoms with Gasteiger partial charge >= 0.3 is 0 Å². The van der Waals surface area contributed by atoms with Gasteiger partial charge in [-0.3, -0.25) is 10.1 Å². The highest BCUT2D eigenvalue weighted by atomic mass is 32.2. The van der Waals surface area contributed by atoms with Crippen molar-refractivity contribution in [3.63, 3.8) is 0 Å². The number of rotatable bonds is 4. The van der Waals surface area contributed by atoms with Crippen LogP contribution in [0.15, 0.2) is 51.8 Å². The van der Waals surface area contributed by atoms with E-state index in [9.17, 15) is 13.2 Å². The van der Waals surface area contributed by atoms with Crippen molar-refractivity contribution in [2.75, 3.05) is 5.32 Å². The van der Waals surface area contributed by atoms with Gasteiger partial charge in [0.05, 0.1) is 4.90 Å². The number of thiocarbonyl (C=S) groups is 1. The molecule has 0 fully saturated rings. The third kappa shape index (κ3) is 5.30. The number of furan rings is 1. The molecule has 0 saturated carbocycles. The number of nitrogens with one attached hydrogen (secondary N) is 2. The van der Waals surface area contributed by atoms with Crippen LogP contribution in [-0.4, -0.2) is 19.4 Å². The summed E-state index contributed by atoms with van der Waals surface area (Å²) in [6.45, 7) is 1.80. The van der Waals surface area contributed by atoms with E-state index in [-0.39, 0.29) is 10.0 Å². The zero-order chi connectivity index (χ0) is 17.7. The quantitative estimate of drug-likeness (QED) is 0.562. The number of benzene rings is 1. The predicted octanol–water partition coefficient (Wildman–Crippen LogP) is 1.76. The summed E-state index contributed by atoms with van der Waals surface area (Å²) in [7, 11) is -3.75. The first-order valence-electron chi connectivity index (χ1n) is 6.73. The summed E-state index contributed by atoms with van der Waals surface area (Å²) in [5.74, 6) is 0.873. The second-order valence-electron chi connectivity index (χ2n) is 4.79. The van der Waals surface area contributed by atoms with E-state index >= 15 is 0 Å². The van der Waals surface area contributed by atoms with E-state index in [2.05, 4.69) is 10.6 Å². The Hall–Kier alpha value is -2.49. The Balaban J connectivity index is 1.90. The maximum atomic E-state index is 11.7. The zero-order valence-corrected chi connectivity index (χ0v) is 14.3. The summed E-state index contributed by atoms with van der Waals surface area (Å²) in [6, 6.07) is 9.17. The fraction of sp³-hybridized carbons (Fsp3) is 0.0667. The maximum Gasteiger partial charge on any atom is 0.250 e. The summed E-state index contributed by atoms with van der Waals surface area (Å²) >= 11 is 5.01. The van der Waals surface area contributed by atoms with Crippen LogP contribution in [0.3, 0.4) is 0 Å². The molecule has 0 radical (unpaired) electrons. The first-order valence-corrected chi connectivity index (χ1v) is 8.69. The van der Waals surface area contributed by atoms with Gasteiger partial charge < -0.3 is 9.73 Å². The van der Waals surface area contributed by atoms with Crippen molar-refractivity contribution in [1.29, 1.82) is 0 Å². The molecule has 7 nitrogen and oxygen atoms in total. The van der Waals surface area contributed by atoms with E-state index in [1.165, 1.54) is 36.4 Å². The average Bonchev–Trinajstić information content (AvgIpc) is 2.90. The van der Waals surface area contributed by atoms with Gasteiger partial charge in [0, 0.05) is 11.8 Å². The second kappa shape index (κ2) is 7.39. The number of anilines is 1. The molecule has 0 aliphatic rings. The molecular formula is C15H15N3O4S2. The highest BCUT2D eigenvalue weighted by Crippen LogP contribution is 2.12. The van der Waals surface area contributed by atoms with E-state index in [0.717, 1.165) is 5.76 Å². The van der Waals surface area contributed by atoms with E-state index in [4.69, 9.17) is 21.8 Å². The van der Waals surface area contributed by atoms with E-state index in [1.54, 1.807) is 19.1 Å². The molecule has 0 atom stereocenters. The van der Waals surface area contributed by atoms with Crippen molar-refractivity contribution in [1.82, 2.24) is 5.32 Å². The topological polar surface area (TPSA) is 114 Å². The molecule has 2 rings (SSSR count). The van der Waals surface area contributed by atoms with Crippen LogP contribution in [-0.2, 0) is 14.8 Å². The van der Waals surface area contributed by atoms with Crippen molar-refractivity contribution in [2.45, 2.75) is 11.8 Å². The van der Waals surface area contributed by atoms with Gasteiger partial charge in [-0.1, -0.05) is 0 Å². The van der Waals surface area contributed by atoms with Crippen LogP contribution in [0.4, 0.5) is 5.69 Å². The van der Waals surface area contributed by atoms with Gasteiger partial charge in [0.1, 0.15) is 11.5 Å². The molecule has 24 heavy (non-hydrogen) atoms. The van der Waals surface area contributed by atoms with Crippen LogP contribution in [0.25, 0.3) is 6.08 Å². The number of carbonyl (C=O) groups excluding carboxylic acids is 1. The van der Waals surface area contributed by atoms with Crippen LogP contribution in [0.2, 0.25) is 0 Å². The SMILES string of the molecule is Cc1ccc(/C=C/C(=O)NC(=S)Nc2ccc(S(N)(=O)=O)cc2)o1. The Bertz CT molecular complexity index is 884. The number of nitrogens with two attached hydrogens (primary N) is 1. The Morgan fingerprint density at radius 2 is 1.88 bits per heavy atom. The van der Waals surface area contributed by atoms with Gasteiger partial charge in [-0.15, -0.1) is 0 Å². The standard InChI is InChI=1S/C15H15N3O4S2/c1-10-2-5-12(22-10)6-9-14(19)18-15(23)17-11-3-7-13(8-4-11)24(16,20)21/h2-9H,1H3,(H2,16,20,21)(H2,17,18,19,23)/b9-6+. The third-order valence-electron chi connectivity index (χ3n) is 2.84. The van der Waals surface area contributed by atoms with Gasteiger partial charge in [0.25, 0.3) is 0 Å². The lowest BCUT2D eigenvalue weighted by molar-refractivity contribution is -0.115. The monoisotopic (exact) mass is 365 g/mol. The summed E-state index contributed by atoms with van der Waals surface area (Å²) in [4.78, 5) is 11.7. The summed E-state index contributed by atoms with van der Waals surface area (Å²) in [5.41, 5.74) is 0.512. The predicted molar refractivity (Wildman–Crippen MR) is 94.7 cm³/mol. The number of aryl methyl sites for hydroxylation is 1. The molecule has 0 spiro atoms. The molecule has 126 valence electrons. The molecular weight excluding hydrogens is 350 g/mol. The Labute approximate surface area is 144 Å². The minimum absolute atomic E-state index is 0.0142. The molecule has 1 heterocycles. The smallest absolute Gasteiger partial charge is 0.250 e. The number of hydrogen-bond acceptors (Lipinski definition) is 5. The summed E-state index contributed by atoms with van der Waals surface area (Å²) < 4.78 is 27.6. The summed E-state index contributed by atoms with van der Waals surface area (Å²) in [5, 5.41) is 10.3. The van der Waals surface area contributed by atoms with Gasteiger partial charge in [0.2, 0.25) is 15.9 Å². The lowest BCUT2D eigenvalue weighted by Crippen LogP contribution is -2.32. The molecule has 4 N–H and O–H groups in total. The molecule has 1 aromatic carbocycles. The van der Waals surface area contributed by atoms with Crippen LogP contribution in [0.5, 0.6) is 0 Å². The number of amides is 1. The molecule has 0 aliphatic heterocycles. The van der Waals surface area contributed by atoms with Crippen molar-refractivity contribution in [3.8, 4) is 0 Å². The molecule has 1 aromatic heterocycles. The fourth-order valence-corrected chi connectivity index (χ4v) is 2.48. The Kier molecular flexibility index (Phi) is 5.50. The lowest BCUT2D eigenvalue weighted by Gasteiger charge is -2.08. The van der Waals surface area contributed by atoms with Gasteiger partial charge in [-0.25, -0.2) is 13.6 Å². The molecule has 0 aliphatic carbocycles. The van der Waals surface area contributed by atoms with E-state index < -0.39 is 15.9 Å². The van der Waals surface area contributed by atoms with E-state index in [1.807, 2.05) is 0 Å². The maximum absolute atomic E-state index is 11.7.